The number of para-hydroxylation sites is 1. The van der Waals surface area contributed by atoms with Gasteiger partial charge in [-0.1, -0.05) is 48.0 Å². The Morgan fingerprint density at radius 2 is 1.80 bits per heavy atom. The number of carbonyl (C=O) groups excluding carboxylic acids is 1. The molecule has 0 aliphatic heterocycles. The van der Waals surface area contributed by atoms with E-state index in [2.05, 4.69) is 15.2 Å². The first-order chi connectivity index (χ1) is 16.8. The van der Waals surface area contributed by atoms with Crippen molar-refractivity contribution < 1.29 is 9.32 Å². The van der Waals surface area contributed by atoms with E-state index in [9.17, 15) is 14.4 Å². The Morgan fingerprint density at radius 3 is 2.51 bits per heavy atom. The second kappa shape index (κ2) is 9.88. The predicted molar refractivity (Wildman–Crippen MR) is 131 cm³/mol. The van der Waals surface area contributed by atoms with Gasteiger partial charge in [-0.25, -0.2) is 4.79 Å². The summed E-state index contributed by atoms with van der Waals surface area (Å²) in [5.41, 5.74) is 2.11. The van der Waals surface area contributed by atoms with E-state index < -0.39 is 11.2 Å². The van der Waals surface area contributed by atoms with E-state index >= 15 is 0 Å². The molecule has 2 heterocycles. The van der Waals surface area contributed by atoms with Gasteiger partial charge in [-0.3, -0.25) is 14.2 Å². The molecule has 2 aromatic heterocycles. The molecule has 4 aromatic rings. The normalized spacial score (nSPS) is 11.0. The van der Waals surface area contributed by atoms with Gasteiger partial charge in [0.15, 0.2) is 5.69 Å². The number of rotatable bonds is 7. The fourth-order valence-corrected chi connectivity index (χ4v) is 3.67. The summed E-state index contributed by atoms with van der Waals surface area (Å²) in [6.07, 6.45) is 1.15. The number of carbonyl (C=O) groups is 1. The number of hydrogen-bond donors (Lipinski definition) is 0. The number of aryl methyl sites for hydroxylation is 3. The molecule has 180 valence electrons. The molecule has 0 aliphatic carbocycles. The van der Waals surface area contributed by atoms with Crippen LogP contribution in [-0.2, 0) is 24.7 Å². The Kier molecular flexibility index (Phi) is 6.72. The summed E-state index contributed by atoms with van der Waals surface area (Å²) >= 11 is 0. The monoisotopic (exact) mass is 474 g/mol. The van der Waals surface area contributed by atoms with E-state index in [1.54, 1.807) is 24.1 Å². The van der Waals surface area contributed by atoms with Crippen molar-refractivity contribution in [1.29, 1.82) is 0 Å². The summed E-state index contributed by atoms with van der Waals surface area (Å²) in [5, 5.41) is 8.08. The van der Waals surface area contributed by atoms with Crippen molar-refractivity contribution in [3.63, 3.8) is 0 Å². The minimum atomic E-state index is -0.641. The maximum absolute atomic E-state index is 12.8. The zero-order chi connectivity index (χ0) is 25.1. The third kappa shape index (κ3) is 4.81. The maximum Gasteiger partial charge on any atom is 0.351 e. The van der Waals surface area contributed by atoms with Gasteiger partial charge in [0.1, 0.15) is 0 Å². The van der Waals surface area contributed by atoms with Crippen LogP contribution >= 0.6 is 0 Å². The van der Waals surface area contributed by atoms with Crippen LogP contribution in [0.5, 0.6) is 0 Å². The van der Waals surface area contributed by atoms with Crippen LogP contribution in [0.2, 0.25) is 0 Å². The molecule has 10 heteroatoms. The second-order valence-corrected chi connectivity index (χ2v) is 8.19. The van der Waals surface area contributed by atoms with E-state index in [4.69, 9.17) is 4.52 Å². The van der Waals surface area contributed by atoms with Gasteiger partial charge in [-0.2, -0.15) is 14.8 Å². The molecule has 4 rings (SSSR count). The van der Waals surface area contributed by atoms with E-state index in [1.807, 2.05) is 50.2 Å². The highest BCUT2D eigenvalue weighted by Gasteiger charge is 2.20. The fraction of sp³-hybridized carbons (Fsp3) is 0.280. The summed E-state index contributed by atoms with van der Waals surface area (Å²) in [6, 6.07) is 14.9. The summed E-state index contributed by atoms with van der Waals surface area (Å²) in [4.78, 5) is 44.0. The molecule has 0 unspecified atom stereocenters. The van der Waals surface area contributed by atoms with Crippen molar-refractivity contribution in [1.82, 2.24) is 24.5 Å². The average molecular weight is 475 g/mol. The minimum Gasteiger partial charge on any atom is -0.339 e. The van der Waals surface area contributed by atoms with Crippen LogP contribution in [0.4, 0.5) is 5.69 Å². The molecule has 10 nitrogen and oxygen atoms in total. The van der Waals surface area contributed by atoms with Crippen LogP contribution in [0, 0.1) is 6.92 Å². The van der Waals surface area contributed by atoms with Crippen LogP contribution < -0.4 is 16.1 Å². The predicted octanol–water partition coefficient (Wildman–Crippen LogP) is 2.45. The Hall–Kier alpha value is -4.34. The molecule has 0 fully saturated rings. The van der Waals surface area contributed by atoms with Gasteiger partial charge < -0.3 is 9.42 Å². The van der Waals surface area contributed by atoms with Gasteiger partial charge in [-0.05, 0) is 37.1 Å². The summed E-state index contributed by atoms with van der Waals surface area (Å²) in [5.74, 6) is 0.0497. The lowest BCUT2D eigenvalue weighted by molar-refractivity contribution is -0.118. The van der Waals surface area contributed by atoms with Crippen molar-refractivity contribution in [3.05, 3.63) is 86.4 Å². The Bertz CT molecular complexity index is 1480. The molecular formula is C25H26N6O4. The number of benzene rings is 2. The highest BCUT2D eigenvalue weighted by molar-refractivity contribution is 5.93. The molecule has 0 atom stereocenters. The molecule has 0 aliphatic rings. The van der Waals surface area contributed by atoms with Crippen LogP contribution in [-0.4, -0.2) is 37.4 Å². The largest absolute Gasteiger partial charge is 0.351 e. The molecule has 0 radical (unpaired) electrons. The van der Waals surface area contributed by atoms with Crippen LogP contribution in [0.15, 0.2) is 62.6 Å². The molecule has 0 saturated heterocycles. The van der Waals surface area contributed by atoms with Crippen molar-refractivity contribution >= 4 is 11.6 Å². The third-order valence-corrected chi connectivity index (χ3v) is 5.79. The first-order valence-electron chi connectivity index (χ1n) is 11.2. The molecular weight excluding hydrogens is 448 g/mol. The van der Waals surface area contributed by atoms with Crippen molar-refractivity contribution in [2.45, 2.75) is 33.1 Å². The molecule has 1 amide bonds. The zero-order valence-electron chi connectivity index (χ0n) is 20.1. The summed E-state index contributed by atoms with van der Waals surface area (Å²) in [7, 11) is 3.10. The van der Waals surface area contributed by atoms with Crippen LogP contribution in [0.1, 0.15) is 30.4 Å². The highest BCUT2D eigenvalue weighted by Crippen LogP contribution is 2.21. The summed E-state index contributed by atoms with van der Waals surface area (Å²) < 4.78 is 7.35. The van der Waals surface area contributed by atoms with Crippen LogP contribution in [0.3, 0.4) is 0 Å². The average Bonchev–Trinajstić information content (AvgIpc) is 3.35. The fourth-order valence-electron chi connectivity index (χ4n) is 3.67. The molecule has 35 heavy (non-hydrogen) atoms. The Balaban J connectivity index is 1.56. The maximum atomic E-state index is 12.8. The molecule has 2 aromatic carbocycles. The smallest absolute Gasteiger partial charge is 0.339 e. The number of anilines is 1. The van der Waals surface area contributed by atoms with Crippen molar-refractivity contribution in [2.75, 3.05) is 11.9 Å². The van der Waals surface area contributed by atoms with Gasteiger partial charge >= 0.3 is 5.69 Å². The molecule has 0 N–H and O–H groups in total. The lowest BCUT2D eigenvalue weighted by Crippen LogP contribution is -2.40. The number of nitrogens with zero attached hydrogens (tertiary/aromatic N) is 6. The standard InChI is InChI=1S/C25H26N6O4/c1-5-17-8-6-7-9-19(17)29(3)21(32)15-14-20-26-23(28-35-20)22-24(33)30(4)25(34)31(27-22)18-12-10-16(2)11-13-18/h6-13H,5,14-15H2,1-4H3. The van der Waals surface area contributed by atoms with Gasteiger partial charge in [0, 0.05) is 32.6 Å². The Morgan fingerprint density at radius 1 is 1.09 bits per heavy atom. The van der Waals surface area contributed by atoms with E-state index in [0.717, 1.165) is 32.5 Å². The van der Waals surface area contributed by atoms with Gasteiger partial charge in [0.05, 0.1) is 5.69 Å². The van der Waals surface area contributed by atoms with Crippen molar-refractivity contribution in [2.24, 2.45) is 7.05 Å². The van der Waals surface area contributed by atoms with Gasteiger partial charge in [0.2, 0.25) is 17.6 Å². The van der Waals surface area contributed by atoms with Gasteiger partial charge in [0.25, 0.3) is 5.56 Å². The van der Waals surface area contributed by atoms with Gasteiger partial charge in [-0.15, -0.1) is 0 Å². The molecule has 0 saturated carbocycles. The number of amides is 1. The van der Waals surface area contributed by atoms with Crippen LogP contribution in [0.25, 0.3) is 17.2 Å². The van der Waals surface area contributed by atoms with Crippen molar-refractivity contribution in [3.8, 4) is 17.2 Å². The van der Waals surface area contributed by atoms with E-state index in [0.29, 0.717) is 5.69 Å². The Labute approximate surface area is 201 Å². The highest BCUT2D eigenvalue weighted by atomic mass is 16.5. The lowest BCUT2D eigenvalue weighted by Gasteiger charge is -2.20. The number of hydrogen-bond acceptors (Lipinski definition) is 7. The third-order valence-electron chi connectivity index (χ3n) is 5.79. The lowest BCUT2D eigenvalue weighted by atomic mass is 10.1. The SMILES string of the molecule is CCc1ccccc1N(C)C(=O)CCc1nc(-c2nn(-c3ccc(C)cc3)c(=O)n(C)c2=O)no1. The topological polar surface area (TPSA) is 116 Å². The quantitative estimate of drug-likeness (QED) is 0.404. The van der Waals surface area contributed by atoms with E-state index in [1.165, 1.54) is 7.05 Å². The molecule has 0 bridgehead atoms. The second-order valence-electron chi connectivity index (χ2n) is 8.19. The van der Waals surface area contributed by atoms with E-state index in [-0.39, 0.29) is 36.2 Å². The first kappa shape index (κ1) is 23.8. The minimum absolute atomic E-state index is 0.0430. The first-order valence-corrected chi connectivity index (χ1v) is 11.2. The zero-order valence-corrected chi connectivity index (χ0v) is 20.1. The molecule has 0 spiro atoms. The summed E-state index contributed by atoms with van der Waals surface area (Å²) in [6.45, 7) is 3.97. The number of aromatic nitrogens is 5.